The molecule has 0 aromatic rings. The van der Waals surface area contributed by atoms with Gasteiger partial charge in [-0.1, -0.05) is 281 Å². The van der Waals surface area contributed by atoms with E-state index in [0.717, 1.165) is 77.0 Å². The molecule has 0 radical (unpaired) electrons. The number of allylic oxidation sites excluding steroid dienone is 9. The summed E-state index contributed by atoms with van der Waals surface area (Å²) < 4.78 is 30.3. The highest BCUT2D eigenvalue weighted by Gasteiger charge is 2.27. The lowest BCUT2D eigenvalue weighted by Crippen LogP contribution is -2.47. The largest absolute Gasteiger partial charge is 0.756 e. The van der Waals surface area contributed by atoms with E-state index >= 15 is 0 Å². The van der Waals surface area contributed by atoms with E-state index in [9.17, 15) is 19.0 Å². The van der Waals surface area contributed by atoms with Crippen LogP contribution in [0.15, 0.2) is 60.8 Å². The van der Waals surface area contributed by atoms with Gasteiger partial charge in [-0.2, -0.15) is 0 Å². The number of likely N-dealkylation sites (N-methyl/N-ethyl adjacent to an activating group) is 1. The van der Waals surface area contributed by atoms with Gasteiger partial charge in [0.1, 0.15) is 19.3 Å². The van der Waals surface area contributed by atoms with Gasteiger partial charge < -0.3 is 28.5 Å². The SMILES string of the molecule is CC/C=C/C=C/C=C\CCCCCCCC(=O)NC(COP(=O)([O-])OCC[N+](C)(C)C)C(/C=C\CCCCCCCCCCCC)OC(=O)CCCCCCCCCCCCCCCCCCC/C=C/CCCCCCCC. The van der Waals surface area contributed by atoms with Crippen molar-refractivity contribution in [3.8, 4) is 0 Å². The summed E-state index contributed by atoms with van der Waals surface area (Å²) in [6.45, 7) is 6.71. The first-order valence-electron chi connectivity index (χ1n) is 33.1. The van der Waals surface area contributed by atoms with Crippen molar-refractivity contribution in [2.75, 3.05) is 40.9 Å². The predicted octanol–water partition coefficient (Wildman–Crippen LogP) is 20.0. The van der Waals surface area contributed by atoms with E-state index in [4.69, 9.17) is 13.8 Å². The Kier molecular flexibility index (Phi) is 56.2. The van der Waals surface area contributed by atoms with Crippen molar-refractivity contribution in [2.45, 2.75) is 322 Å². The predicted molar refractivity (Wildman–Crippen MR) is 335 cm³/mol. The first kappa shape index (κ1) is 75.7. The van der Waals surface area contributed by atoms with Crippen LogP contribution in [0.5, 0.6) is 0 Å². The monoisotopic (exact) mass is 1110 g/mol. The van der Waals surface area contributed by atoms with Gasteiger partial charge in [0.2, 0.25) is 5.91 Å². The van der Waals surface area contributed by atoms with Crippen LogP contribution >= 0.6 is 7.82 Å². The number of esters is 1. The van der Waals surface area contributed by atoms with Gasteiger partial charge in [-0.3, -0.25) is 14.2 Å². The van der Waals surface area contributed by atoms with Crippen molar-refractivity contribution >= 4 is 19.7 Å². The maximum Gasteiger partial charge on any atom is 0.306 e. The van der Waals surface area contributed by atoms with Gasteiger partial charge in [-0.05, 0) is 76.7 Å². The molecule has 9 nitrogen and oxygen atoms in total. The fourth-order valence-electron chi connectivity index (χ4n) is 9.64. The topological polar surface area (TPSA) is 114 Å². The molecular formula is C68H127N2O7P. The van der Waals surface area contributed by atoms with Crippen LogP contribution in [0, 0.1) is 0 Å². The van der Waals surface area contributed by atoms with Gasteiger partial charge in [-0.15, -0.1) is 0 Å². The zero-order valence-electron chi connectivity index (χ0n) is 52.1. The molecule has 0 aromatic carbocycles. The molecule has 0 saturated carbocycles. The number of hydrogen-bond acceptors (Lipinski definition) is 7. The normalized spacial score (nSPS) is 14.0. The van der Waals surface area contributed by atoms with E-state index in [1.807, 2.05) is 33.3 Å². The van der Waals surface area contributed by atoms with Gasteiger partial charge >= 0.3 is 5.97 Å². The standard InChI is InChI=1S/C68H127N2O7P/c1-7-10-13-16-19-22-25-28-29-30-31-32-33-34-35-36-37-38-39-40-41-43-46-49-52-55-58-61-68(72)77-66(59-56-53-50-47-44-27-24-21-18-15-12-9-3)65(64-76-78(73,74)75-63-62-70(4,5)6)69-67(71)60-57-54-51-48-45-42-26-23-20-17-14-11-8-2/h11,14,17,20,23,26,28-29,56,59,65-66H,7-10,12-13,15-16,18-19,21-22,24-25,27,30-55,57-58,60-64H2,1-6H3,(H-,69,71,73,74)/b14-11+,20-17+,26-23-,29-28+,59-56-. The summed E-state index contributed by atoms with van der Waals surface area (Å²) in [7, 11) is 1.17. The van der Waals surface area contributed by atoms with Gasteiger partial charge in [0, 0.05) is 12.8 Å². The molecule has 0 aromatic heterocycles. The van der Waals surface area contributed by atoms with E-state index in [-0.39, 0.29) is 24.9 Å². The molecular weight excluding hydrogens is 988 g/mol. The number of unbranched alkanes of at least 4 members (excludes halogenated alkanes) is 38. The second-order valence-corrected chi connectivity index (χ2v) is 25.1. The number of quaternary nitrogens is 1. The smallest absolute Gasteiger partial charge is 0.306 e. The highest BCUT2D eigenvalue weighted by atomic mass is 31.2. The molecule has 456 valence electrons. The maximum atomic E-state index is 13.5. The highest BCUT2D eigenvalue weighted by molar-refractivity contribution is 7.45. The Morgan fingerprint density at radius 1 is 0.462 bits per heavy atom. The summed E-state index contributed by atoms with van der Waals surface area (Å²) in [5.74, 6) is -0.556. The first-order chi connectivity index (χ1) is 37.9. The molecule has 0 heterocycles. The Hall–Kier alpha value is -2.29. The Morgan fingerprint density at radius 2 is 0.833 bits per heavy atom. The molecule has 3 atom stereocenters. The minimum Gasteiger partial charge on any atom is -0.756 e. The van der Waals surface area contributed by atoms with Crippen molar-refractivity contribution in [3.63, 3.8) is 0 Å². The third kappa shape index (κ3) is 58.4. The number of carbonyl (C=O) groups excluding carboxylic acids is 2. The van der Waals surface area contributed by atoms with E-state index in [0.29, 0.717) is 23.9 Å². The number of phosphoric ester groups is 1. The Bertz CT molecular complexity index is 1520. The molecule has 0 aliphatic carbocycles. The molecule has 0 fully saturated rings. The van der Waals surface area contributed by atoms with Gasteiger partial charge in [-0.25, -0.2) is 0 Å². The van der Waals surface area contributed by atoms with Crippen molar-refractivity contribution in [1.29, 1.82) is 0 Å². The number of nitrogens with one attached hydrogen (secondary N) is 1. The van der Waals surface area contributed by atoms with Crippen LogP contribution in [0.3, 0.4) is 0 Å². The second kappa shape index (κ2) is 57.9. The lowest BCUT2D eigenvalue weighted by atomic mass is 10.0. The molecule has 78 heavy (non-hydrogen) atoms. The molecule has 0 spiro atoms. The van der Waals surface area contributed by atoms with Gasteiger partial charge in [0.05, 0.1) is 33.8 Å². The minimum absolute atomic E-state index is 0.0268. The lowest BCUT2D eigenvalue weighted by Gasteiger charge is -2.30. The summed E-state index contributed by atoms with van der Waals surface area (Å²) in [6, 6.07) is -0.898. The van der Waals surface area contributed by atoms with Crippen LogP contribution in [-0.2, 0) is 27.9 Å². The number of carbonyl (C=O) groups is 2. The maximum absolute atomic E-state index is 13.5. The Morgan fingerprint density at radius 3 is 1.26 bits per heavy atom. The van der Waals surface area contributed by atoms with Crippen molar-refractivity contribution in [2.24, 2.45) is 0 Å². The van der Waals surface area contributed by atoms with E-state index in [2.05, 4.69) is 74.7 Å². The van der Waals surface area contributed by atoms with Crippen LogP contribution < -0.4 is 10.2 Å². The van der Waals surface area contributed by atoms with Crippen LogP contribution in [0.25, 0.3) is 0 Å². The average Bonchev–Trinajstić information content (AvgIpc) is 3.40. The van der Waals surface area contributed by atoms with Crippen molar-refractivity contribution < 1.29 is 37.3 Å². The molecule has 1 amide bonds. The summed E-state index contributed by atoms with van der Waals surface area (Å²) in [5, 5.41) is 3.02. The molecule has 3 unspecified atom stereocenters. The average molecular weight is 1120 g/mol. The first-order valence-corrected chi connectivity index (χ1v) is 34.6. The van der Waals surface area contributed by atoms with Crippen LogP contribution in [0.4, 0.5) is 0 Å². The Balaban J connectivity index is 4.99. The number of ether oxygens (including phenoxy) is 1. The van der Waals surface area contributed by atoms with Gasteiger partial charge in [0.15, 0.2) is 0 Å². The van der Waals surface area contributed by atoms with Crippen LogP contribution in [0.1, 0.15) is 310 Å². The van der Waals surface area contributed by atoms with Crippen molar-refractivity contribution in [1.82, 2.24) is 5.32 Å². The van der Waals surface area contributed by atoms with E-state index in [1.165, 1.54) is 193 Å². The number of rotatable bonds is 60. The summed E-state index contributed by atoms with van der Waals surface area (Å²) in [4.78, 5) is 40.0. The number of hydrogen-bond donors (Lipinski definition) is 1. The third-order valence-corrected chi connectivity index (χ3v) is 15.7. The number of phosphoric acid groups is 1. The zero-order valence-corrected chi connectivity index (χ0v) is 53.0. The van der Waals surface area contributed by atoms with E-state index in [1.54, 1.807) is 0 Å². The molecule has 10 heteroatoms. The molecule has 0 bridgehead atoms. The van der Waals surface area contributed by atoms with Gasteiger partial charge in [0.25, 0.3) is 7.82 Å². The minimum atomic E-state index is -4.70. The van der Waals surface area contributed by atoms with Crippen LogP contribution in [-0.4, -0.2) is 69.4 Å². The Labute approximate surface area is 483 Å². The lowest BCUT2D eigenvalue weighted by molar-refractivity contribution is -0.870. The summed E-state index contributed by atoms with van der Waals surface area (Å²) in [6.07, 6.45) is 73.6. The molecule has 0 saturated heterocycles. The quantitative estimate of drug-likeness (QED) is 0.0161. The van der Waals surface area contributed by atoms with E-state index < -0.39 is 26.6 Å². The highest BCUT2D eigenvalue weighted by Crippen LogP contribution is 2.38. The molecule has 1 N–H and O–H groups in total. The molecule has 0 rings (SSSR count). The third-order valence-electron chi connectivity index (χ3n) is 14.7. The fourth-order valence-corrected chi connectivity index (χ4v) is 10.4. The number of amides is 1. The fraction of sp³-hybridized carbons (Fsp3) is 0.824. The van der Waals surface area contributed by atoms with Crippen LogP contribution in [0.2, 0.25) is 0 Å². The molecule has 0 aliphatic rings. The second-order valence-electron chi connectivity index (χ2n) is 23.7. The van der Waals surface area contributed by atoms with Crippen molar-refractivity contribution in [3.05, 3.63) is 60.8 Å². The zero-order chi connectivity index (χ0) is 57.2. The molecule has 0 aliphatic heterocycles. The summed E-state index contributed by atoms with van der Waals surface area (Å²) >= 11 is 0. The number of nitrogens with zero attached hydrogens (tertiary/aromatic N) is 1. The summed E-state index contributed by atoms with van der Waals surface area (Å²) in [5.41, 5.74) is 0.